The largest absolute Gasteiger partial charge is 0.480 e. The van der Waals surface area contributed by atoms with Gasteiger partial charge in [0.25, 0.3) is 0 Å². The van der Waals surface area contributed by atoms with E-state index < -0.39 is 57.7 Å². The zero-order valence-electron chi connectivity index (χ0n) is 26.7. The van der Waals surface area contributed by atoms with Crippen molar-refractivity contribution in [1.82, 2.24) is 0 Å². The van der Waals surface area contributed by atoms with Crippen LogP contribution in [0, 0.1) is 0 Å². The van der Waals surface area contributed by atoms with Gasteiger partial charge in [-0.25, -0.2) is 4.57 Å². The van der Waals surface area contributed by atoms with Gasteiger partial charge in [0.2, 0.25) is 0 Å². The summed E-state index contributed by atoms with van der Waals surface area (Å²) in [5, 5.41) is 8.80. The standard InChI is InChI=1S/C33H52NO10P/c1-3-5-7-9-11-13-14-15-16-17-19-21-23-25-32(36)44-29(27-42-45(39,40)43-28-30(34)33(37)38)26-41-31(35)24-22-20-18-12-10-8-6-4-2/h5,7,9,11,13-20,29-30H,3-4,6,8,10,12,21-28,34H2,1-2H3,(H,37,38)(H,39,40)/b7-5+,11-9+,14-13+,16-15+,19-17+,20-18+/t29?,30-/m0/s1. The van der Waals surface area contributed by atoms with E-state index in [1.807, 2.05) is 66.8 Å². The van der Waals surface area contributed by atoms with E-state index in [0.717, 1.165) is 19.3 Å². The zero-order chi connectivity index (χ0) is 33.6. The number of hydrogen-bond donors (Lipinski definition) is 3. The molecule has 0 aliphatic rings. The number of hydrogen-bond acceptors (Lipinski definition) is 9. The molecule has 0 fully saturated rings. The summed E-state index contributed by atoms with van der Waals surface area (Å²) in [5.74, 6) is -2.56. The Morgan fingerprint density at radius 3 is 1.96 bits per heavy atom. The molecule has 0 aromatic heterocycles. The molecule has 4 N–H and O–H groups in total. The Morgan fingerprint density at radius 1 is 0.711 bits per heavy atom. The van der Waals surface area contributed by atoms with E-state index in [1.54, 1.807) is 0 Å². The lowest BCUT2D eigenvalue weighted by atomic mass is 10.1. The molecule has 12 heteroatoms. The van der Waals surface area contributed by atoms with E-state index in [4.69, 9.17) is 24.8 Å². The van der Waals surface area contributed by atoms with Crippen LogP contribution in [0.15, 0.2) is 72.9 Å². The lowest BCUT2D eigenvalue weighted by molar-refractivity contribution is -0.161. The Hall–Kier alpha value is -3.08. The number of phosphoric acid groups is 1. The number of phosphoric ester groups is 1. The smallest absolute Gasteiger partial charge is 0.472 e. The fraction of sp³-hybridized carbons (Fsp3) is 0.545. The molecule has 0 spiro atoms. The Bertz CT molecular complexity index is 1050. The van der Waals surface area contributed by atoms with Crippen LogP contribution in [0.2, 0.25) is 0 Å². The third-order valence-corrected chi connectivity index (χ3v) is 6.78. The van der Waals surface area contributed by atoms with Gasteiger partial charge in [-0.2, -0.15) is 0 Å². The number of carbonyl (C=O) groups is 3. The maximum absolute atomic E-state index is 12.4. The Kier molecular flexibility index (Phi) is 26.5. The molecule has 0 saturated carbocycles. The van der Waals surface area contributed by atoms with Gasteiger partial charge < -0.3 is 25.2 Å². The second-order valence-corrected chi connectivity index (χ2v) is 11.4. The van der Waals surface area contributed by atoms with Crippen molar-refractivity contribution >= 4 is 25.7 Å². The summed E-state index contributed by atoms with van der Waals surface area (Å²) < 4.78 is 32.2. The maximum atomic E-state index is 12.4. The average molecular weight is 654 g/mol. The first-order valence-electron chi connectivity index (χ1n) is 15.5. The van der Waals surface area contributed by atoms with Gasteiger partial charge in [-0.3, -0.25) is 23.4 Å². The van der Waals surface area contributed by atoms with Gasteiger partial charge in [-0.05, 0) is 38.5 Å². The molecular formula is C33H52NO10P. The molecule has 254 valence electrons. The minimum absolute atomic E-state index is 0.0538. The van der Waals surface area contributed by atoms with Crippen LogP contribution in [0.25, 0.3) is 0 Å². The molecule has 0 saturated heterocycles. The summed E-state index contributed by atoms with van der Waals surface area (Å²) in [5.41, 5.74) is 5.28. The summed E-state index contributed by atoms with van der Waals surface area (Å²) in [6, 6.07) is -1.54. The fourth-order valence-electron chi connectivity index (χ4n) is 3.34. The van der Waals surface area contributed by atoms with Crippen molar-refractivity contribution in [3.05, 3.63) is 72.9 Å². The summed E-state index contributed by atoms with van der Waals surface area (Å²) in [6.45, 7) is 2.42. The van der Waals surface area contributed by atoms with Crippen LogP contribution in [0.5, 0.6) is 0 Å². The first-order valence-corrected chi connectivity index (χ1v) is 17.0. The summed E-state index contributed by atoms with van der Waals surface area (Å²) >= 11 is 0. The lowest BCUT2D eigenvalue weighted by Gasteiger charge is -2.20. The number of carboxylic acids is 1. The van der Waals surface area contributed by atoms with E-state index in [9.17, 15) is 23.8 Å². The number of nitrogens with two attached hydrogens (primary N) is 1. The van der Waals surface area contributed by atoms with Gasteiger partial charge in [0.05, 0.1) is 13.2 Å². The SMILES string of the molecule is CC/C=C/C=C/C=C/C=C/C=C/CCCC(=O)OC(COC(=O)CC/C=C/CCCCCC)COP(=O)(O)OC[C@H](N)C(=O)O. The molecule has 0 aliphatic heterocycles. The molecule has 0 aliphatic carbocycles. The highest BCUT2D eigenvalue weighted by atomic mass is 31.2. The van der Waals surface area contributed by atoms with Crippen molar-refractivity contribution in [2.45, 2.75) is 96.6 Å². The number of aliphatic carboxylic acids is 1. The van der Waals surface area contributed by atoms with E-state index in [0.29, 0.717) is 19.3 Å². The van der Waals surface area contributed by atoms with Gasteiger partial charge in [0.15, 0.2) is 6.10 Å². The third-order valence-electron chi connectivity index (χ3n) is 5.83. The second kappa shape index (κ2) is 28.4. The molecule has 0 radical (unpaired) electrons. The van der Waals surface area contributed by atoms with Crippen LogP contribution in [0.3, 0.4) is 0 Å². The molecular weight excluding hydrogens is 601 g/mol. The first kappa shape index (κ1) is 41.9. The number of esters is 2. The molecule has 0 bridgehead atoms. The second-order valence-electron chi connectivity index (χ2n) is 9.97. The van der Waals surface area contributed by atoms with Crippen molar-refractivity contribution in [3.8, 4) is 0 Å². The van der Waals surface area contributed by atoms with E-state index in [1.165, 1.54) is 19.3 Å². The highest BCUT2D eigenvalue weighted by molar-refractivity contribution is 7.47. The number of allylic oxidation sites excluding steroid dienone is 12. The summed E-state index contributed by atoms with van der Waals surface area (Å²) in [7, 11) is -4.73. The van der Waals surface area contributed by atoms with Crippen LogP contribution in [-0.2, 0) is 37.5 Å². The van der Waals surface area contributed by atoms with Crippen LogP contribution in [-0.4, -0.2) is 59.9 Å². The average Bonchev–Trinajstić information content (AvgIpc) is 3.00. The summed E-state index contributed by atoms with van der Waals surface area (Å²) in [4.78, 5) is 45.3. The number of rotatable bonds is 27. The zero-order valence-corrected chi connectivity index (χ0v) is 27.6. The highest BCUT2D eigenvalue weighted by Crippen LogP contribution is 2.43. The Morgan fingerprint density at radius 2 is 1.31 bits per heavy atom. The molecule has 0 aromatic carbocycles. The fourth-order valence-corrected chi connectivity index (χ4v) is 4.12. The molecule has 0 rings (SSSR count). The number of unbranched alkanes of at least 4 members (excludes halogenated alkanes) is 5. The topological polar surface area (TPSA) is 172 Å². The maximum Gasteiger partial charge on any atom is 0.472 e. The predicted octanol–water partition coefficient (Wildman–Crippen LogP) is 6.66. The van der Waals surface area contributed by atoms with Crippen molar-refractivity contribution < 1.29 is 47.5 Å². The van der Waals surface area contributed by atoms with E-state index in [2.05, 4.69) is 24.4 Å². The third kappa shape index (κ3) is 28.2. The number of carbonyl (C=O) groups excluding carboxylic acids is 2. The van der Waals surface area contributed by atoms with Crippen LogP contribution >= 0.6 is 7.82 Å². The molecule has 0 amide bonds. The summed E-state index contributed by atoms with van der Waals surface area (Å²) in [6.07, 6.45) is 30.4. The van der Waals surface area contributed by atoms with Gasteiger partial charge in [0.1, 0.15) is 12.6 Å². The van der Waals surface area contributed by atoms with Gasteiger partial charge >= 0.3 is 25.7 Å². The Labute approximate surface area is 268 Å². The minimum Gasteiger partial charge on any atom is -0.480 e. The molecule has 3 atom stereocenters. The van der Waals surface area contributed by atoms with Crippen molar-refractivity contribution in [3.63, 3.8) is 0 Å². The van der Waals surface area contributed by atoms with Gasteiger partial charge in [-0.1, -0.05) is 106 Å². The van der Waals surface area contributed by atoms with Gasteiger partial charge in [0, 0.05) is 12.8 Å². The molecule has 0 heterocycles. The monoisotopic (exact) mass is 653 g/mol. The van der Waals surface area contributed by atoms with Crippen molar-refractivity contribution in [2.24, 2.45) is 5.73 Å². The number of carboxylic acid groups (broad SMARTS) is 1. The number of ether oxygens (including phenoxy) is 2. The highest BCUT2D eigenvalue weighted by Gasteiger charge is 2.28. The lowest BCUT2D eigenvalue weighted by Crippen LogP contribution is -2.34. The van der Waals surface area contributed by atoms with Crippen LogP contribution in [0.4, 0.5) is 0 Å². The Balaban J connectivity index is 4.77. The predicted molar refractivity (Wildman–Crippen MR) is 175 cm³/mol. The van der Waals surface area contributed by atoms with Crippen molar-refractivity contribution in [2.75, 3.05) is 19.8 Å². The first-order chi connectivity index (χ1) is 21.6. The molecule has 0 aromatic rings. The molecule has 2 unspecified atom stereocenters. The van der Waals surface area contributed by atoms with E-state index in [-0.39, 0.29) is 12.8 Å². The van der Waals surface area contributed by atoms with E-state index >= 15 is 0 Å². The molecule has 45 heavy (non-hydrogen) atoms. The van der Waals surface area contributed by atoms with Crippen LogP contribution in [0.1, 0.15) is 84.5 Å². The quantitative estimate of drug-likeness (QED) is 0.0285. The molecule has 11 nitrogen and oxygen atoms in total. The minimum atomic E-state index is -4.73. The van der Waals surface area contributed by atoms with Crippen molar-refractivity contribution in [1.29, 1.82) is 0 Å². The van der Waals surface area contributed by atoms with Crippen LogP contribution < -0.4 is 5.73 Å². The van der Waals surface area contributed by atoms with Gasteiger partial charge in [-0.15, -0.1) is 0 Å². The normalized spacial score (nSPS) is 15.1.